The van der Waals surface area contributed by atoms with Crippen molar-refractivity contribution in [3.8, 4) is 0 Å². The molecular weight excluding hydrogens is 491 g/mol. The van der Waals surface area contributed by atoms with Crippen LogP contribution in [-0.2, 0) is 23.2 Å². The fourth-order valence-electron chi connectivity index (χ4n) is 4.48. The van der Waals surface area contributed by atoms with E-state index in [9.17, 15) is 21.6 Å². The maximum Gasteiger partial charge on any atom is 0.416 e. The largest absolute Gasteiger partial charge is 0.416 e. The Balaban J connectivity index is 1.82. The zero-order valence-electron chi connectivity index (χ0n) is 20.8. The third-order valence-corrected chi connectivity index (χ3v) is 7.92. The van der Waals surface area contributed by atoms with Crippen molar-refractivity contribution in [3.05, 3.63) is 70.2 Å². The number of benzene rings is 1. The van der Waals surface area contributed by atoms with Crippen molar-refractivity contribution < 1.29 is 21.6 Å². The second-order valence-electron chi connectivity index (χ2n) is 9.05. The summed E-state index contributed by atoms with van der Waals surface area (Å²) in [7, 11) is -1.41. The Morgan fingerprint density at radius 2 is 1.92 bits per heavy atom. The molecule has 11 heteroatoms. The van der Waals surface area contributed by atoms with Gasteiger partial charge in [-0.25, -0.2) is 13.4 Å². The maximum absolute atomic E-state index is 13.4. The molecule has 0 spiro atoms. The molecule has 0 aliphatic carbocycles. The molecule has 3 aromatic rings. The molecule has 0 bridgehead atoms. The van der Waals surface area contributed by atoms with E-state index in [1.54, 1.807) is 19.2 Å². The molecule has 3 heterocycles. The van der Waals surface area contributed by atoms with Gasteiger partial charge in [-0.2, -0.15) is 17.5 Å². The van der Waals surface area contributed by atoms with E-state index in [0.717, 1.165) is 22.5 Å². The Kier molecular flexibility index (Phi) is 6.82. The minimum Gasteiger partial charge on any atom is -0.331 e. The summed E-state index contributed by atoms with van der Waals surface area (Å²) in [5.41, 5.74) is 2.78. The van der Waals surface area contributed by atoms with E-state index >= 15 is 0 Å². The van der Waals surface area contributed by atoms with Crippen molar-refractivity contribution in [2.75, 3.05) is 19.3 Å². The highest BCUT2D eigenvalue weighted by Gasteiger charge is 2.33. The van der Waals surface area contributed by atoms with E-state index in [2.05, 4.69) is 9.97 Å². The Morgan fingerprint density at radius 1 is 1.19 bits per heavy atom. The molecule has 0 unspecified atom stereocenters. The molecule has 0 fully saturated rings. The van der Waals surface area contributed by atoms with Crippen LogP contribution in [-0.4, -0.2) is 46.6 Å². The summed E-state index contributed by atoms with van der Waals surface area (Å²) in [6, 6.07) is 5.44. The van der Waals surface area contributed by atoms with Gasteiger partial charge < -0.3 is 4.57 Å². The highest BCUT2D eigenvalue weighted by molar-refractivity contribution is 7.88. The molecule has 7 nitrogen and oxygen atoms in total. The molecule has 1 aliphatic rings. The van der Waals surface area contributed by atoms with Crippen LogP contribution >= 0.6 is 0 Å². The van der Waals surface area contributed by atoms with Crippen LogP contribution in [0.4, 0.5) is 13.2 Å². The quantitative estimate of drug-likeness (QED) is 0.515. The van der Waals surface area contributed by atoms with Crippen molar-refractivity contribution in [3.63, 3.8) is 0 Å². The van der Waals surface area contributed by atoms with Gasteiger partial charge in [-0.1, -0.05) is 18.2 Å². The first-order valence-electron chi connectivity index (χ1n) is 11.5. The van der Waals surface area contributed by atoms with Gasteiger partial charge in [0.2, 0.25) is 10.0 Å². The second-order valence-corrected chi connectivity index (χ2v) is 11.0. The Hall–Kier alpha value is -3.05. The van der Waals surface area contributed by atoms with Gasteiger partial charge in [-0.15, -0.1) is 0 Å². The summed E-state index contributed by atoms with van der Waals surface area (Å²) in [6.45, 7) is 5.69. The number of pyridine rings is 1. The molecule has 0 amide bonds. The average Bonchev–Trinajstić information content (AvgIpc) is 2.81. The number of halogens is 3. The van der Waals surface area contributed by atoms with Crippen LogP contribution in [0.15, 0.2) is 41.5 Å². The van der Waals surface area contributed by atoms with Crippen molar-refractivity contribution in [1.29, 1.82) is 0 Å². The zero-order chi connectivity index (χ0) is 26.4. The van der Waals surface area contributed by atoms with Crippen LogP contribution in [0, 0.1) is 13.8 Å². The van der Waals surface area contributed by atoms with Crippen LogP contribution < -0.4 is 5.49 Å². The average molecular weight is 520 g/mol. The molecule has 0 N–H and O–H groups in total. The van der Waals surface area contributed by atoms with Gasteiger partial charge in [0.05, 0.1) is 35.3 Å². The van der Waals surface area contributed by atoms with E-state index in [0.29, 0.717) is 35.5 Å². The van der Waals surface area contributed by atoms with Gasteiger partial charge in [0.1, 0.15) is 5.82 Å². The van der Waals surface area contributed by atoms with E-state index in [-0.39, 0.29) is 12.1 Å². The first-order valence-corrected chi connectivity index (χ1v) is 13.3. The predicted molar refractivity (Wildman–Crippen MR) is 132 cm³/mol. The second kappa shape index (κ2) is 9.44. The van der Waals surface area contributed by atoms with Gasteiger partial charge >= 0.3 is 6.18 Å². The van der Waals surface area contributed by atoms with Crippen LogP contribution in [0.1, 0.15) is 47.6 Å². The minimum absolute atomic E-state index is 0.147. The van der Waals surface area contributed by atoms with Gasteiger partial charge in [0.25, 0.3) is 0 Å². The zero-order valence-corrected chi connectivity index (χ0v) is 21.6. The number of fused-ring (bicyclic) bond motifs is 1. The fourth-order valence-corrected chi connectivity index (χ4v) is 5.25. The molecule has 0 radical (unpaired) electrons. The SMILES string of the molecule is Cc1c([C@@H](C)N=c2nc(C)n(C)c3cnc(C4=CCN(S(C)(=O)=O)CC4)cc23)cccc1C(F)(F)F. The highest BCUT2D eigenvalue weighted by atomic mass is 32.2. The molecule has 1 aliphatic heterocycles. The fraction of sp³-hybridized carbons (Fsp3) is 0.400. The number of aryl methyl sites for hydroxylation is 2. The molecule has 1 atom stereocenters. The number of aromatic nitrogens is 3. The monoisotopic (exact) mass is 519 g/mol. The summed E-state index contributed by atoms with van der Waals surface area (Å²) in [5, 5.41) is 0.719. The van der Waals surface area contributed by atoms with Crippen LogP contribution in [0.2, 0.25) is 0 Å². The lowest BCUT2D eigenvalue weighted by molar-refractivity contribution is -0.138. The number of nitrogens with zero attached hydrogens (tertiary/aromatic N) is 5. The normalized spacial score (nSPS) is 16.9. The Bertz CT molecular complexity index is 1540. The van der Waals surface area contributed by atoms with Gasteiger partial charge in [0, 0.05) is 25.5 Å². The lowest BCUT2D eigenvalue weighted by atomic mass is 9.97. The smallest absolute Gasteiger partial charge is 0.331 e. The van der Waals surface area contributed by atoms with Gasteiger partial charge in [-0.3, -0.25) is 9.98 Å². The van der Waals surface area contributed by atoms with Crippen molar-refractivity contribution in [2.24, 2.45) is 12.0 Å². The first-order chi connectivity index (χ1) is 16.8. The van der Waals surface area contributed by atoms with Crippen molar-refractivity contribution in [2.45, 2.75) is 39.4 Å². The van der Waals surface area contributed by atoms with Crippen LogP contribution in [0.25, 0.3) is 16.5 Å². The van der Waals surface area contributed by atoms with E-state index in [4.69, 9.17) is 4.99 Å². The van der Waals surface area contributed by atoms with Crippen molar-refractivity contribution >= 4 is 26.5 Å². The molecule has 0 saturated heterocycles. The van der Waals surface area contributed by atoms with Crippen LogP contribution in [0.5, 0.6) is 0 Å². The summed E-state index contributed by atoms with van der Waals surface area (Å²) < 4.78 is 67.3. The summed E-state index contributed by atoms with van der Waals surface area (Å²) in [6.07, 6.45) is 0.843. The molecular formula is C25H28F3N5O2S. The molecule has 36 heavy (non-hydrogen) atoms. The van der Waals surface area contributed by atoms with E-state index in [1.165, 1.54) is 23.6 Å². The molecule has 1 aromatic carbocycles. The number of alkyl halides is 3. The lowest BCUT2D eigenvalue weighted by Crippen LogP contribution is -2.33. The summed E-state index contributed by atoms with van der Waals surface area (Å²) >= 11 is 0. The Labute approximate surface area is 208 Å². The first kappa shape index (κ1) is 26.0. The third kappa shape index (κ3) is 5.08. The number of hydrogen-bond donors (Lipinski definition) is 0. The van der Waals surface area contributed by atoms with Crippen molar-refractivity contribution in [1.82, 2.24) is 18.8 Å². The molecule has 192 valence electrons. The predicted octanol–water partition coefficient (Wildman–Crippen LogP) is 4.31. The van der Waals surface area contributed by atoms with E-state index < -0.39 is 27.8 Å². The number of rotatable bonds is 4. The number of hydrogen-bond acceptors (Lipinski definition) is 5. The maximum atomic E-state index is 13.4. The minimum atomic E-state index is -4.44. The van der Waals surface area contributed by atoms with E-state index in [1.807, 2.05) is 30.7 Å². The molecule has 2 aromatic heterocycles. The standard InChI is InChI=1S/C25H28F3N5O2S/c1-15-19(7-6-8-21(15)25(26,27)28)16(2)30-24-20-13-22(29-14-23(20)32(4)17(3)31-24)18-9-11-33(12-10-18)36(5,34)35/h6-9,13-14,16H,10-12H2,1-5H3/t16-/m1/s1. The summed E-state index contributed by atoms with van der Waals surface area (Å²) in [5.74, 6) is 0.685. The molecule has 0 saturated carbocycles. The van der Waals surface area contributed by atoms with Gasteiger partial charge in [0.15, 0.2) is 5.49 Å². The lowest BCUT2D eigenvalue weighted by Gasteiger charge is -2.24. The topological polar surface area (TPSA) is 80.5 Å². The van der Waals surface area contributed by atoms with Gasteiger partial charge in [-0.05, 0) is 56.0 Å². The summed E-state index contributed by atoms with van der Waals surface area (Å²) in [4.78, 5) is 14.0. The Morgan fingerprint density at radius 3 is 2.53 bits per heavy atom. The van der Waals surface area contributed by atoms with Crippen LogP contribution in [0.3, 0.4) is 0 Å². The third-order valence-electron chi connectivity index (χ3n) is 6.66. The molecule has 4 rings (SSSR count). The highest BCUT2D eigenvalue weighted by Crippen LogP contribution is 2.35. The number of sulfonamides is 1.